The molecule has 1 amide bonds. The number of aromatic nitrogens is 1. The summed E-state index contributed by atoms with van der Waals surface area (Å²) in [6, 6.07) is 8.77. The lowest BCUT2D eigenvalue weighted by molar-refractivity contribution is -0.138. The maximum absolute atomic E-state index is 13.6. The van der Waals surface area contributed by atoms with Crippen molar-refractivity contribution in [3.05, 3.63) is 46.5 Å². The van der Waals surface area contributed by atoms with E-state index < -0.39 is 17.3 Å². The zero-order chi connectivity index (χ0) is 21.7. The number of halogens is 4. The largest absolute Gasteiger partial charge is 0.417 e. The fraction of sp³-hybridized carbons (Fsp3) is 0.381. The van der Waals surface area contributed by atoms with Crippen LogP contribution in [0.15, 0.2) is 35.4 Å². The van der Waals surface area contributed by atoms with E-state index in [4.69, 9.17) is 11.6 Å². The minimum absolute atomic E-state index is 0.0631. The molecule has 1 aliphatic carbocycles. The highest BCUT2D eigenvalue weighted by Gasteiger charge is 2.36. The summed E-state index contributed by atoms with van der Waals surface area (Å²) in [6.07, 6.45) is 0.334. The average Bonchev–Trinajstić information content (AvgIpc) is 2.72. The molecule has 1 aromatic heterocycles. The smallest absolute Gasteiger partial charge is 0.353 e. The van der Waals surface area contributed by atoms with Gasteiger partial charge >= 0.3 is 6.18 Å². The second-order valence-corrected chi connectivity index (χ2v) is 8.44. The van der Waals surface area contributed by atoms with E-state index in [9.17, 15) is 23.2 Å². The molecular formula is C21H19ClF3N3OS. The molecule has 0 aliphatic heterocycles. The molecule has 1 aromatic carbocycles. The number of thioether (sulfide) groups is 1. The number of hydrogen-bond acceptors (Lipinski definition) is 4. The van der Waals surface area contributed by atoms with Crippen LogP contribution in [0.2, 0.25) is 5.02 Å². The van der Waals surface area contributed by atoms with E-state index in [0.29, 0.717) is 10.6 Å². The van der Waals surface area contributed by atoms with E-state index in [0.717, 1.165) is 49.9 Å². The molecule has 0 unspecified atom stereocenters. The van der Waals surface area contributed by atoms with Gasteiger partial charge in [0.05, 0.1) is 22.6 Å². The van der Waals surface area contributed by atoms with Crippen molar-refractivity contribution in [1.29, 1.82) is 5.26 Å². The summed E-state index contributed by atoms with van der Waals surface area (Å²) < 4.78 is 40.8. The Morgan fingerprint density at radius 3 is 2.50 bits per heavy atom. The van der Waals surface area contributed by atoms with E-state index in [2.05, 4.69) is 10.3 Å². The van der Waals surface area contributed by atoms with Crippen molar-refractivity contribution in [1.82, 2.24) is 10.3 Å². The van der Waals surface area contributed by atoms with E-state index in [1.165, 1.54) is 0 Å². The lowest BCUT2D eigenvalue weighted by Crippen LogP contribution is -2.37. The molecule has 1 N–H and O–H groups in total. The number of hydrogen-bond donors (Lipinski definition) is 1. The van der Waals surface area contributed by atoms with Crippen LogP contribution in [0.25, 0.3) is 11.3 Å². The first-order valence-corrected chi connectivity index (χ1v) is 10.8. The van der Waals surface area contributed by atoms with Gasteiger partial charge in [-0.25, -0.2) is 4.98 Å². The SMILES string of the molecule is N#Cc1c(C(F)(F)F)cc(-c2ccc(Cl)cc2)nc1SCC(=O)NC1CCCCC1. The number of alkyl halides is 3. The summed E-state index contributed by atoms with van der Waals surface area (Å²) in [7, 11) is 0. The van der Waals surface area contributed by atoms with E-state index >= 15 is 0 Å². The third kappa shape index (κ3) is 5.67. The maximum Gasteiger partial charge on any atom is 0.417 e. The minimum atomic E-state index is -4.73. The zero-order valence-electron chi connectivity index (χ0n) is 15.9. The third-order valence-corrected chi connectivity index (χ3v) is 6.08. The first-order valence-electron chi connectivity index (χ1n) is 9.48. The van der Waals surface area contributed by atoms with Crippen LogP contribution < -0.4 is 5.32 Å². The summed E-state index contributed by atoms with van der Waals surface area (Å²) in [4.78, 5) is 16.5. The standard InChI is InChI=1S/C21H19ClF3N3OS/c22-14-8-6-13(7-9-14)18-10-17(21(23,24)25)16(11-26)20(28-18)30-12-19(29)27-15-4-2-1-3-5-15/h6-10,15H,1-5,12H2,(H,27,29). The van der Waals surface area contributed by atoms with Gasteiger partial charge in [0.1, 0.15) is 11.1 Å². The Bertz CT molecular complexity index is 952. The van der Waals surface area contributed by atoms with Crippen LogP contribution in [0.4, 0.5) is 13.2 Å². The van der Waals surface area contributed by atoms with Crippen LogP contribution in [0.1, 0.15) is 43.2 Å². The van der Waals surface area contributed by atoms with Gasteiger partial charge in [0, 0.05) is 16.6 Å². The highest BCUT2D eigenvalue weighted by Crippen LogP contribution is 2.38. The monoisotopic (exact) mass is 453 g/mol. The first kappa shape index (κ1) is 22.4. The third-order valence-electron chi connectivity index (χ3n) is 4.85. The van der Waals surface area contributed by atoms with Gasteiger partial charge in [-0.3, -0.25) is 4.79 Å². The fourth-order valence-corrected chi connectivity index (χ4v) is 4.32. The van der Waals surface area contributed by atoms with Gasteiger partial charge in [-0.15, -0.1) is 0 Å². The van der Waals surface area contributed by atoms with Gasteiger partial charge in [0.25, 0.3) is 0 Å². The maximum atomic E-state index is 13.6. The summed E-state index contributed by atoms with van der Waals surface area (Å²) in [6.45, 7) is 0. The minimum Gasteiger partial charge on any atom is -0.353 e. The lowest BCUT2D eigenvalue weighted by atomic mass is 9.95. The van der Waals surface area contributed by atoms with Crippen molar-refractivity contribution in [3.63, 3.8) is 0 Å². The Morgan fingerprint density at radius 2 is 1.90 bits per heavy atom. The number of nitrogens with one attached hydrogen (secondary N) is 1. The van der Waals surface area contributed by atoms with Gasteiger partial charge < -0.3 is 5.32 Å². The van der Waals surface area contributed by atoms with Gasteiger partial charge in [0.15, 0.2) is 0 Å². The number of carbonyl (C=O) groups excluding carboxylic acids is 1. The van der Waals surface area contributed by atoms with Crippen LogP contribution in [-0.4, -0.2) is 22.7 Å². The van der Waals surface area contributed by atoms with E-state index in [1.54, 1.807) is 30.3 Å². The van der Waals surface area contributed by atoms with Gasteiger partial charge in [0.2, 0.25) is 5.91 Å². The summed E-state index contributed by atoms with van der Waals surface area (Å²) >= 11 is 6.69. The molecule has 9 heteroatoms. The van der Waals surface area contributed by atoms with E-state index in [1.807, 2.05) is 0 Å². The molecule has 0 bridgehead atoms. The molecule has 158 valence electrons. The van der Waals surface area contributed by atoms with Crippen molar-refractivity contribution in [2.24, 2.45) is 0 Å². The molecule has 0 spiro atoms. The van der Waals surface area contributed by atoms with Crippen molar-refractivity contribution in [2.75, 3.05) is 5.75 Å². The van der Waals surface area contributed by atoms with Crippen molar-refractivity contribution in [2.45, 2.75) is 49.3 Å². The Labute approximate surface area is 181 Å². The number of nitrogens with zero attached hydrogens (tertiary/aromatic N) is 2. The van der Waals surface area contributed by atoms with Crippen LogP contribution in [0, 0.1) is 11.3 Å². The Morgan fingerprint density at radius 1 is 1.23 bits per heavy atom. The van der Waals surface area contributed by atoms with Crippen LogP contribution in [0.3, 0.4) is 0 Å². The molecule has 0 saturated heterocycles. The molecular weight excluding hydrogens is 435 g/mol. The second kappa shape index (κ2) is 9.71. The van der Waals surface area contributed by atoms with Crippen molar-refractivity contribution in [3.8, 4) is 17.3 Å². The lowest BCUT2D eigenvalue weighted by Gasteiger charge is -2.22. The Hall–Kier alpha value is -2.24. The number of rotatable bonds is 5. The molecule has 3 rings (SSSR count). The van der Waals surface area contributed by atoms with Gasteiger partial charge in [-0.05, 0) is 31.0 Å². The zero-order valence-corrected chi connectivity index (χ0v) is 17.5. The topological polar surface area (TPSA) is 65.8 Å². The highest BCUT2D eigenvalue weighted by molar-refractivity contribution is 8.00. The summed E-state index contributed by atoms with van der Waals surface area (Å²) in [5, 5.41) is 12.6. The number of pyridine rings is 1. The molecule has 0 atom stereocenters. The summed E-state index contributed by atoms with van der Waals surface area (Å²) in [5.41, 5.74) is -1.15. The van der Waals surface area contributed by atoms with Gasteiger partial charge in [-0.2, -0.15) is 18.4 Å². The second-order valence-electron chi connectivity index (χ2n) is 7.04. The predicted molar refractivity (Wildman–Crippen MR) is 110 cm³/mol. The van der Waals surface area contributed by atoms with Crippen LogP contribution in [-0.2, 0) is 11.0 Å². The molecule has 4 nitrogen and oxygen atoms in total. The Kier molecular flexibility index (Phi) is 7.27. The molecule has 30 heavy (non-hydrogen) atoms. The van der Waals surface area contributed by atoms with Crippen LogP contribution >= 0.6 is 23.4 Å². The number of carbonyl (C=O) groups is 1. The molecule has 2 aromatic rings. The Balaban J connectivity index is 1.87. The molecule has 0 radical (unpaired) electrons. The number of benzene rings is 1. The van der Waals surface area contributed by atoms with Crippen molar-refractivity contribution < 1.29 is 18.0 Å². The molecule has 1 fully saturated rings. The average molecular weight is 454 g/mol. The predicted octanol–water partition coefficient (Wildman–Crippen LogP) is 5.83. The van der Waals surface area contributed by atoms with Crippen LogP contribution in [0.5, 0.6) is 0 Å². The number of amides is 1. The summed E-state index contributed by atoms with van der Waals surface area (Å²) in [5.74, 6) is -0.387. The normalized spacial score (nSPS) is 14.9. The molecule has 1 saturated carbocycles. The number of nitriles is 1. The molecule has 1 aliphatic rings. The molecule has 1 heterocycles. The quantitative estimate of drug-likeness (QED) is 0.578. The fourth-order valence-electron chi connectivity index (χ4n) is 3.38. The van der Waals surface area contributed by atoms with Gasteiger partial charge in [-0.1, -0.05) is 54.8 Å². The first-order chi connectivity index (χ1) is 14.3. The highest BCUT2D eigenvalue weighted by atomic mass is 35.5. The van der Waals surface area contributed by atoms with E-state index in [-0.39, 0.29) is 28.4 Å². The van der Waals surface area contributed by atoms with Crippen molar-refractivity contribution >= 4 is 29.3 Å².